The molecule has 0 spiro atoms. The van der Waals surface area contributed by atoms with Crippen LogP contribution >= 0.6 is 0 Å². The first-order chi connectivity index (χ1) is 9.18. The predicted octanol–water partition coefficient (Wildman–Crippen LogP) is 2.55. The monoisotopic (exact) mass is 269 g/mol. The van der Waals surface area contributed by atoms with E-state index in [1.54, 1.807) is 6.07 Å². The minimum absolute atomic E-state index is 0.0312. The Labute approximate surface area is 110 Å². The molecule has 2 aliphatic rings. The number of fused-ring (bicyclic) bond motifs is 1. The van der Waals surface area contributed by atoms with Crippen LogP contribution in [0.25, 0.3) is 0 Å². The van der Waals surface area contributed by atoms with E-state index in [0.717, 1.165) is 0 Å². The molecule has 1 saturated heterocycles. The zero-order chi connectivity index (χ0) is 13.3. The van der Waals surface area contributed by atoms with Crippen molar-refractivity contribution in [1.82, 2.24) is 5.32 Å². The summed E-state index contributed by atoms with van der Waals surface area (Å²) in [4.78, 5) is 0. The van der Waals surface area contributed by atoms with Gasteiger partial charge in [0.25, 0.3) is 5.92 Å². The second kappa shape index (κ2) is 4.96. The highest BCUT2D eigenvalue weighted by Crippen LogP contribution is 2.43. The second-order valence-corrected chi connectivity index (χ2v) is 5.01. The summed E-state index contributed by atoms with van der Waals surface area (Å²) >= 11 is 0. The van der Waals surface area contributed by atoms with Crippen LogP contribution in [0, 0.1) is 5.92 Å². The van der Waals surface area contributed by atoms with Gasteiger partial charge in [-0.3, -0.25) is 0 Å². The number of hydrogen-bond donors (Lipinski definition) is 1. The van der Waals surface area contributed by atoms with Crippen LogP contribution in [-0.4, -0.2) is 26.3 Å². The molecule has 3 nitrogen and oxygen atoms in total. The molecule has 0 unspecified atom stereocenters. The molecule has 19 heavy (non-hydrogen) atoms. The lowest BCUT2D eigenvalue weighted by molar-refractivity contribution is -0.0755. The summed E-state index contributed by atoms with van der Waals surface area (Å²) in [6, 6.07) is 4.46. The summed E-state index contributed by atoms with van der Waals surface area (Å²) in [6.45, 7) is 2.20. The van der Waals surface area contributed by atoms with Gasteiger partial charge in [-0.25, -0.2) is 8.78 Å². The molecule has 5 heteroatoms. The average Bonchev–Trinajstić information content (AvgIpc) is 2.47. The van der Waals surface area contributed by atoms with E-state index in [2.05, 4.69) is 5.32 Å². The van der Waals surface area contributed by atoms with E-state index >= 15 is 0 Å². The van der Waals surface area contributed by atoms with Crippen molar-refractivity contribution in [3.63, 3.8) is 0 Å². The molecule has 104 valence electrons. The number of ether oxygens (including phenoxy) is 2. The molecule has 0 atom stereocenters. The van der Waals surface area contributed by atoms with Gasteiger partial charge < -0.3 is 14.8 Å². The van der Waals surface area contributed by atoms with Crippen LogP contribution < -0.4 is 14.8 Å². The van der Waals surface area contributed by atoms with Crippen molar-refractivity contribution in [3.8, 4) is 11.5 Å². The lowest BCUT2D eigenvalue weighted by Crippen LogP contribution is -2.36. The third-order valence-corrected chi connectivity index (χ3v) is 3.78. The molecule has 1 fully saturated rings. The van der Waals surface area contributed by atoms with Crippen LogP contribution in [0.2, 0.25) is 0 Å². The molecule has 1 N–H and O–H groups in total. The fraction of sp³-hybridized carbons (Fsp3) is 0.571. The minimum Gasteiger partial charge on any atom is -0.486 e. The summed E-state index contributed by atoms with van der Waals surface area (Å²) in [5.74, 6) is -2.43. The Bertz CT molecular complexity index is 459. The molecule has 0 bridgehead atoms. The van der Waals surface area contributed by atoms with Crippen LogP contribution in [-0.2, 0) is 5.92 Å². The van der Waals surface area contributed by atoms with Crippen molar-refractivity contribution in [1.29, 1.82) is 0 Å². The van der Waals surface area contributed by atoms with Gasteiger partial charge in [-0.2, -0.15) is 0 Å². The lowest BCUT2D eigenvalue weighted by atomic mass is 9.87. The van der Waals surface area contributed by atoms with Crippen LogP contribution in [0.3, 0.4) is 0 Å². The summed E-state index contributed by atoms with van der Waals surface area (Å²) < 4.78 is 39.7. The van der Waals surface area contributed by atoms with Crippen molar-refractivity contribution >= 4 is 0 Å². The maximum Gasteiger partial charge on any atom is 0.276 e. The summed E-state index contributed by atoms with van der Waals surface area (Å²) in [6.07, 6.45) is 1.00. The number of benzene rings is 1. The second-order valence-electron chi connectivity index (χ2n) is 5.01. The van der Waals surface area contributed by atoms with E-state index < -0.39 is 11.8 Å². The van der Waals surface area contributed by atoms with Gasteiger partial charge in [0.05, 0.1) is 0 Å². The molecule has 3 rings (SSSR count). The smallest absolute Gasteiger partial charge is 0.276 e. The van der Waals surface area contributed by atoms with Gasteiger partial charge in [-0.05, 0) is 44.1 Å². The predicted molar refractivity (Wildman–Crippen MR) is 66.9 cm³/mol. The number of rotatable bonds is 2. The van der Waals surface area contributed by atoms with Crippen molar-refractivity contribution in [2.24, 2.45) is 5.92 Å². The minimum atomic E-state index is -2.81. The van der Waals surface area contributed by atoms with Crippen LogP contribution in [0.15, 0.2) is 18.2 Å². The van der Waals surface area contributed by atoms with E-state index in [4.69, 9.17) is 9.47 Å². The topological polar surface area (TPSA) is 30.5 Å². The summed E-state index contributed by atoms with van der Waals surface area (Å²) in [5, 5.41) is 3.11. The molecule has 0 saturated carbocycles. The Hall–Kier alpha value is -1.36. The molecule has 2 aliphatic heterocycles. The van der Waals surface area contributed by atoms with E-state index in [1.807, 2.05) is 0 Å². The molecule has 0 amide bonds. The number of piperidine rings is 1. The van der Waals surface area contributed by atoms with Crippen LogP contribution in [0.5, 0.6) is 11.5 Å². The largest absolute Gasteiger partial charge is 0.486 e. The molecule has 0 aromatic heterocycles. The highest BCUT2D eigenvalue weighted by Gasteiger charge is 2.42. The van der Waals surface area contributed by atoms with Gasteiger partial charge in [0.15, 0.2) is 11.5 Å². The highest BCUT2D eigenvalue weighted by atomic mass is 19.3. The van der Waals surface area contributed by atoms with Gasteiger partial charge in [0.2, 0.25) is 0 Å². The summed E-state index contributed by atoms with van der Waals surface area (Å²) in [7, 11) is 0. The third-order valence-electron chi connectivity index (χ3n) is 3.78. The van der Waals surface area contributed by atoms with Gasteiger partial charge >= 0.3 is 0 Å². The van der Waals surface area contributed by atoms with E-state index in [1.165, 1.54) is 12.1 Å². The van der Waals surface area contributed by atoms with Gasteiger partial charge in [0, 0.05) is 11.5 Å². The van der Waals surface area contributed by atoms with Crippen molar-refractivity contribution < 1.29 is 18.3 Å². The first-order valence-electron chi connectivity index (χ1n) is 6.66. The average molecular weight is 269 g/mol. The molecule has 2 heterocycles. The van der Waals surface area contributed by atoms with E-state index in [-0.39, 0.29) is 5.56 Å². The Morgan fingerprint density at radius 3 is 2.47 bits per heavy atom. The lowest BCUT2D eigenvalue weighted by Gasteiger charge is -2.31. The third kappa shape index (κ3) is 2.39. The standard InChI is InChI=1S/C14H17F2NO2/c15-14(16,10-3-5-17-6-4-10)11-1-2-12-13(9-11)19-8-7-18-12/h1-2,9-10,17H,3-8H2. The van der Waals surface area contributed by atoms with E-state index in [9.17, 15) is 8.78 Å². The van der Waals surface area contributed by atoms with Crippen molar-refractivity contribution in [2.75, 3.05) is 26.3 Å². The Kier molecular flexibility index (Phi) is 3.31. The fourth-order valence-corrected chi connectivity index (χ4v) is 2.67. The van der Waals surface area contributed by atoms with Crippen LogP contribution in [0.1, 0.15) is 18.4 Å². The normalized spacial score (nSPS) is 20.3. The van der Waals surface area contributed by atoms with Gasteiger partial charge in [0.1, 0.15) is 13.2 Å². The zero-order valence-corrected chi connectivity index (χ0v) is 10.6. The number of hydrogen-bond acceptors (Lipinski definition) is 3. The fourth-order valence-electron chi connectivity index (χ4n) is 2.67. The first kappa shape index (κ1) is 12.7. The molecular weight excluding hydrogens is 252 g/mol. The molecular formula is C14H17F2NO2. The molecule has 1 aromatic carbocycles. The summed E-state index contributed by atoms with van der Waals surface area (Å²) in [5.41, 5.74) is 0.0312. The maximum absolute atomic E-state index is 14.5. The Balaban J connectivity index is 1.87. The first-order valence-corrected chi connectivity index (χ1v) is 6.66. The highest BCUT2D eigenvalue weighted by molar-refractivity contribution is 5.45. The van der Waals surface area contributed by atoms with Gasteiger partial charge in [-0.15, -0.1) is 0 Å². The Morgan fingerprint density at radius 1 is 1.05 bits per heavy atom. The van der Waals surface area contributed by atoms with Gasteiger partial charge in [-0.1, -0.05) is 0 Å². The maximum atomic E-state index is 14.5. The van der Waals surface area contributed by atoms with Crippen LogP contribution in [0.4, 0.5) is 8.78 Å². The molecule has 0 aliphatic carbocycles. The SMILES string of the molecule is FC(F)(c1ccc2c(c1)OCCO2)C1CCNCC1. The molecule has 0 radical (unpaired) electrons. The Morgan fingerprint density at radius 2 is 1.74 bits per heavy atom. The number of alkyl halides is 2. The number of halogens is 2. The number of nitrogens with one attached hydrogen (secondary N) is 1. The molecule has 1 aromatic rings. The van der Waals surface area contributed by atoms with Crippen molar-refractivity contribution in [3.05, 3.63) is 23.8 Å². The van der Waals surface area contributed by atoms with E-state index in [0.29, 0.717) is 50.6 Å². The van der Waals surface area contributed by atoms with Crippen molar-refractivity contribution in [2.45, 2.75) is 18.8 Å². The zero-order valence-electron chi connectivity index (χ0n) is 10.6. The quantitative estimate of drug-likeness (QED) is 0.895.